The van der Waals surface area contributed by atoms with Crippen LogP contribution in [0.15, 0.2) is 41.7 Å². The molecule has 1 aromatic carbocycles. The van der Waals surface area contributed by atoms with E-state index in [4.69, 9.17) is 22.3 Å². The Morgan fingerprint density at radius 1 is 1.43 bits per heavy atom. The average Bonchev–Trinajstić information content (AvgIpc) is 3.30. The number of aromatic nitrogens is 1. The number of piperazine rings is 1. The molecule has 1 aromatic heterocycles. The molecule has 0 radical (unpaired) electrons. The Labute approximate surface area is 227 Å². The lowest BCUT2D eigenvalue weighted by Gasteiger charge is -2.26. The lowest BCUT2D eigenvalue weighted by Crippen LogP contribution is -2.43. The van der Waals surface area contributed by atoms with Crippen molar-refractivity contribution >= 4 is 55.7 Å². The van der Waals surface area contributed by atoms with E-state index in [1.807, 2.05) is 0 Å². The van der Waals surface area contributed by atoms with Gasteiger partial charge in [0.05, 0.1) is 38.8 Å². The van der Waals surface area contributed by atoms with Crippen LogP contribution >= 0.6 is 22.9 Å². The van der Waals surface area contributed by atoms with Gasteiger partial charge in [-0.25, -0.2) is 18.4 Å². The number of nitrogens with one attached hydrogen (secondary N) is 3. The summed E-state index contributed by atoms with van der Waals surface area (Å²) in [7, 11) is -3.53. The van der Waals surface area contributed by atoms with Gasteiger partial charge < -0.3 is 26.4 Å². The zero-order valence-corrected chi connectivity index (χ0v) is 23.4. The van der Waals surface area contributed by atoms with E-state index in [1.165, 1.54) is 17.6 Å². The van der Waals surface area contributed by atoms with Gasteiger partial charge in [-0.3, -0.25) is 4.72 Å². The predicted octanol–water partition coefficient (Wildman–Crippen LogP) is 2.84. The predicted molar refractivity (Wildman–Crippen MR) is 155 cm³/mol. The number of nitrogens with two attached hydrogens (primary N) is 1. The van der Waals surface area contributed by atoms with Gasteiger partial charge in [0.15, 0.2) is 5.13 Å². The molecule has 1 aliphatic heterocycles. The molecule has 2 aromatic rings. The summed E-state index contributed by atoms with van der Waals surface area (Å²) in [5.41, 5.74) is 8.33. The first-order valence-electron chi connectivity index (χ1n) is 12.0. The van der Waals surface area contributed by atoms with E-state index < -0.39 is 16.1 Å². The number of allylic oxidation sites excluding steroid dienone is 1. The van der Waals surface area contributed by atoms with Crippen LogP contribution in [-0.2, 0) is 10.0 Å². The van der Waals surface area contributed by atoms with E-state index >= 15 is 0 Å². The van der Waals surface area contributed by atoms with Gasteiger partial charge in [-0.05, 0) is 25.5 Å². The molecule has 13 heteroatoms. The maximum absolute atomic E-state index is 12.4. The number of aliphatic hydroxyl groups is 1. The standard InChI is InChI=1S/C24H34ClN7O3S2/c1-4-14-37(34,35)31-20-7-5-6-18(21(20)25)22-23(36-24(30-22)32-12-10-27-11-13-32)19(26)8-9-28-17(3)29-15-16(2)33/h5-9,16,27,29,31,33H,3-4,10-15,26H2,1-2H3/b19-8-,28-9-/t16-/m0/s1. The lowest BCUT2D eigenvalue weighted by atomic mass is 10.1. The first-order chi connectivity index (χ1) is 17.6. The second-order valence-electron chi connectivity index (χ2n) is 8.58. The molecule has 3 rings (SSSR count). The van der Waals surface area contributed by atoms with Gasteiger partial charge in [-0.1, -0.05) is 48.6 Å². The SMILES string of the molecule is C=C(/N=C\C=C(/N)c1sc(N2CCNCC2)nc1-c1cccc(NS(=O)(=O)CCC)c1Cl)NC[C@H](C)O. The van der Waals surface area contributed by atoms with Crippen molar-refractivity contribution in [2.45, 2.75) is 26.4 Å². The van der Waals surface area contributed by atoms with E-state index in [1.54, 1.807) is 38.1 Å². The molecule has 0 bridgehead atoms. The molecule has 1 fully saturated rings. The third-order valence-electron chi connectivity index (χ3n) is 5.34. The second-order valence-corrected chi connectivity index (χ2v) is 11.8. The molecule has 0 aliphatic carbocycles. The van der Waals surface area contributed by atoms with Gasteiger partial charge in [0.1, 0.15) is 5.82 Å². The van der Waals surface area contributed by atoms with Crippen molar-refractivity contribution in [3.05, 3.63) is 46.6 Å². The molecular weight excluding hydrogens is 534 g/mol. The fourth-order valence-electron chi connectivity index (χ4n) is 3.55. The monoisotopic (exact) mass is 567 g/mol. The summed E-state index contributed by atoms with van der Waals surface area (Å²) in [4.78, 5) is 12.0. The number of anilines is 2. The first kappa shape index (κ1) is 28.9. The average molecular weight is 568 g/mol. The summed E-state index contributed by atoms with van der Waals surface area (Å²) in [6.45, 7) is 10.9. The normalized spacial score (nSPS) is 15.7. The maximum atomic E-state index is 12.4. The highest BCUT2D eigenvalue weighted by atomic mass is 35.5. The maximum Gasteiger partial charge on any atom is 0.232 e. The molecule has 6 N–H and O–H groups in total. The number of hydrogen-bond acceptors (Lipinski definition) is 10. The van der Waals surface area contributed by atoms with Crippen LogP contribution in [0.3, 0.4) is 0 Å². The number of thiazole rings is 1. The third kappa shape index (κ3) is 8.17. The smallest absolute Gasteiger partial charge is 0.232 e. The van der Waals surface area contributed by atoms with Gasteiger partial charge >= 0.3 is 0 Å². The van der Waals surface area contributed by atoms with Crippen LogP contribution in [0.1, 0.15) is 25.1 Å². The Morgan fingerprint density at radius 3 is 2.84 bits per heavy atom. The van der Waals surface area contributed by atoms with Crippen LogP contribution in [0.5, 0.6) is 0 Å². The van der Waals surface area contributed by atoms with Crippen molar-refractivity contribution in [3.8, 4) is 11.3 Å². The largest absolute Gasteiger partial charge is 0.397 e. The first-order valence-corrected chi connectivity index (χ1v) is 14.8. The van der Waals surface area contributed by atoms with Crippen molar-refractivity contribution in [1.82, 2.24) is 15.6 Å². The number of aliphatic imine (C=N–C) groups is 1. The molecule has 10 nitrogen and oxygen atoms in total. The highest BCUT2D eigenvalue weighted by molar-refractivity contribution is 7.92. The molecule has 0 saturated carbocycles. The molecule has 1 saturated heterocycles. The van der Waals surface area contributed by atoms with Crippen LogP contribution in [0.2, 0.25) is 5.02 Å². The molecule has 1 aliphatic rings. The molecule has 0 amide bonds. The van der Waals surface area contributed by atoms with Gasteiger partial charge in [0, 0.05) is 44.5 Å². The molecule has 202 valence electrons. The summed E-state index contributed by atoms with van der Waals surface area (Å²) < 4.78 is 27.3. The van der Waals surface area contributed by atoms with E-state index in [-0.39, 0.29) is 10.8 Å². The zero-order chi connectivity index (χ0) is 27.0. The molecule has 1 atom stereocenters. The number of hydrogen-bond donors (Lipinski definition) is 5. The van der Waals surface area contributed by atoms with Gasteiger partial charge in [0.2, 0.25) is 10.0 Å². The molecular formula is C24H34ClN7O3S2. The molecule has 0 unspecified atom stereocenters. The Bertz CT molecular complexity index is 1250. The number of halogens is 1. The quantitative estimate of drug-likeness (QED) is 0.246. The number of benzene rings is 1. The second kappa shape index (κ2) is 13.2. The van der Waals surface area contributed by atoms with Crippen molar-refractivity contribution in [2.75, 3.05) is 48.1 Å². The van der Waals surface area contributed by atoms with E-state index in [0.717, 1.165) is 31.3 Å². The molecule has 37 heavy (non-hydrogen) atoms. The van der Waals surface area contributed by atoms with Crippen LogP contribution in [0.4, 0.5) is 10.8 Å². The van der Waals surface area contributed by atoms with Gasteiger partial charge in [-0.2, -0.15) is 0 Å². The van der Waals surface area contributed by atoms with Crippen molar-refractivity contribution in [3.63, 3.8) is 0 Å². The van der Waals surface area contributed by atoms with Crippen LogP contribution in [0, 0.1) is 0 Å². The Balaban J connectivity index is 1.99. The summed E-state index contributed by atoms with van der Waals surface area (Å²) in [6.07, 6.45) is 3.14. The minimum Gasteiger partial charge on any atom is -0.397 e. The van der Waals surface area contributed by atoms with Gasteiger partial charge in [0.25, 0.3) is 0 Å². The molecule has 0 spiro atoms. The molecule has 2 heterocycles. The topological polar surface area (TPSA) is 145 Å². The number of nitrogens with zero attached hydrogens (tertiary/aromatic N) is 3. The summed E-state index contributed by atoms with van der Waals surface area (Å²) in [5, 5.41) is 16.7. The van der Waals surface area contributed by atoms with Gasteiger partial charge in [-0.15, -0.1) is 0 Å². The van der Waals surface area contributed by atoms with Crippen LogP contribution < -0.4 is 26.0 Å². The third-order valence-corrected chi connectivity index (χ3v) is 8.39. The minimum absolute atomic E-state index is 0.00492. The van der Waals surface area contributed by atoms with E-state index in [9.17, 15) is 13.5 Å². The highest BCUT2D eigenvalue weighted by Crippen LogP contribution is 2.41. The van der Waals surface area contributed by atoms with E-state index in [2.05, 4.69) is 31.8 Å². The minimum atomic E-state index is -3.53. The number of sulfonamides is 1. The Morgan fingerprint density at radius 2 is 2.16 bits per heavy atom. The number of aliphatic hydroxyl groups excluding tert-OH is 1. The zero-order valence-electron chi connectivity index (χ0n) is 21.0. The fourth-order valence-corrected chi connectivity index (χ4v) is 6.09. The Hall–Kier alpha value is -2.64. The van der Waals surface area contributed by atoms with Crippen molar-refractivity contribution in [1.29, 1.82) is 0 Å². The van der Waals surface area contributed by atoms with Crippen LogP contribution in [0.25, 0.3) is 17.0 Å². The van der Waals surface area contributed by atoms with Crippen molar-refractivity contribution in [2.24, 2.45) is 10.7 Å². The summed E-state index contributed by atoms with van der Waals surface area (Å²) in [6, 6.07) is 5.15. The lowest BCUT2D eigenvalue weighted by molar-refractivity contribution is 0.195. The van der Waals surface area contributed by atoms with Crippen LogP contribution in [-0.4, -0.2) is 69.3 Å². The number of rotatable bonds is 12. The van der Waals surface area contributed by atoms with Crippen molar-refractivity contribution < 1.29 is 13.5 Å². The highest BCUT2D eigenvalue weighted by Gasteiger charge is 2.23. The summed E-state index contributed by atoms with van der Waals surface area (Å²) in [5.74, 6) is 0.390. The Kier molecular flexibility index (Phi) is 10.4. The van der Waals surface area contributed by atoms with E-state index in [0.29, 0.717) is 46.3 Å². The summed E-state index contributed by atoms with van der Waals surface area (Å²) >= 11 is 8.16. The fraction of sp³-hybridized carbons (Fsp3) is 0.417.